The Morgan fingerprint density at radius 1 is 0.931 bits per heavy atom. The van der Waals surface area contributed by atoms with E-state index in [0.717, 1.165) is 16.5 Å². The quantitative estimate of drug-likeness (QED) is 0.498. The SMILES string of the molecule is C[C@@H](Oc1ccc2ccc(=O)oc2c1)C(=O)Nc1ccccc1-c1ccccc1. The Bertz CT molecular complexity index is 1210. The van der Waals surface area contributed by atoms with Crippen molar-refractivity contribution in [2.45, 2.75) is 13.0 Å². The van der Waals surface area contributed by atoms with Gasteiger partial charge in [-0.1, -0.05) is 48.5 Å². The highest BCUT2D eigenvalue weighted by Gasteiger charge is 2.17. The summed E-state index contributed by atoms with van der Waals surface area (Å²) in [7, 11) is 0. The summed E-state index contributed by atoms with van der Waals surface area (Å²) in [6, 6.07) is 25.7. The number of anilines is 1. The molecule has 1 heterocycles. The molecule has 0 spiro atoms. The molecule has 0 aliphatic carbocycles. The Hall–Kier alpha value is -3.86. The van der Waals surface area contributed by atoms with E-state index in [2.05, 4.69) is 5.32 Å². The fourth-order valence-electron chi connectivity index (χ4n) is 3.07. The van der Waals surface area contributed by atoms with Crippen LogP contribution in [0, 0.1) is 0 Å². The van der Waals surface area contributed by atoms with Crippen LogP contribution in [0.4, 0.5) is 5.69 Å². The van der Waals surface area contributed by atoms with Crippen molar-refractivity contribution in [1.29, 1.82) is 0 Å². The number of fused-ring (bicyclic) bond motifs is 1. The molecule has 29 heavy (non-hydrogen) atoms. The predicted octanol–water partition coefficient (Wildman–Crippen LogP) is 4.87. The first kappa shape index (κ1) is 18.5. The van der Waals surface area contributed by atoms with Crippen LogP contribution >= 0.6 is 0 Å². The molecule has 4 rings (SSSR count). The van der Waals surface area contributed by atoms with E-state index < -0.39 is 11.7 Å². The number of hydrogen-bond donors (Lipinski definition) is 1. The fraction of sp³-hybridized carbons (Fsp3) is 0.0833. The maximum atomic E-state index is 12.7. The molecule has 0 aliphatic heterocycles. The van der Waals surface area contributed by atoms with E-state index in [-0.39, 0.29) is 5.91 Å². The Morgan fingerprint density at radius 2 is 1.66 bits per heavy atom. The molecule has 4 aromatic rings. The molecule has 5 heteroatoms. The van der Waals surface area contributed by atoms with E-state index >= 15 is 0 Å². The van der Waals surface area contributed by atoms with Gasteiger partial charge in [0.15, 0.2) is 6.10 Å². The predicted molar refractivity (Wildman–Crippen MR) is 113 cm³/mol. The van der Waals surface area contributed by atoms with Crippen LogP contribution in [0.15, 0.2) is 94.1 Å². The number of rotatable bonds is 5. The highest BCUT2D eigenvalue weighted by atomic mass is 16.5. The third-order valence-electron chi connectivity index (χ3n) is 4.55. The normalized spacial score (nSPS) is 11.8. The first-order valence-electron chi connectivity index (χ1n) is 9.26. The van der Waals surface area contributed by atoms with Crippen molar-refractivity contribution in [3.63, 3.8) is 0 Å². The van der Waals surface area contributed by atoms with Crippen molar-refractivity contribution in [2.24, 2.45) is 0 Å². The zero-order valence-electron chi connectivity index (χ0n) is 15.8. The van der Waals surface area contributed by atoms with Crippen LogP contribution in [-0.2, 0) is 4.79 Å². The average Bonchev–Trinajstić information content (AvgIpc) is 2.74. The molecular weight excluding hydrogens is 366 g/mol. The van der Waals surface area contributed by atoms with Gasteiger partial charge in [0.2, 0.25) is 0 Å². The lowest BCUT2D eigenvalue weighted by Crippen LogP contribution is -2.30. The standard InChI is InChI=1S/C24H19NO4/c1-16(28-19-13-11-18-12-14-23(26)29-22(18)15-19)24(27)25-21-10-6-5-9-20(21)17-7-3-2-4-8-17/h2-16H,1H3,(H,25,27)/t16-/m1/s1. The van der Waals surface area contributed by atoms with Crippen LogP contribution in [0.2, 0.25) is 0 Å². The van der Waals surface area contributed by atoms with E-state index in [4.69, 9.17) is 9.15 Å². The fourth-order valence-corrected chi connectivity index (χ4v) is 3.07. The van der Waals surface area contributed by atoms with Gasteiger partial charge in [-0.15, -0.1) is 0 Å². The number of carbonyl (C=O) groups is 1. The summed E-state index contributed by atoms with van der Waals surface area (Å²) < 4.78 is 10.9. The first-order valence-corrected chi connectivity index (χ1v) is 9.26. The lowest BCUT2D eigenvalue weighted by atomic mass is 10.0. The lowest BCUT2D eigenvalue weighted by molar-refractivity contribution is -0.122. The minimum absolute atomic E-state index is 0.275. The topological polar surface area (TPSA) is 68.5 Å². The van der Waals surface area contributed by atoms with E-state index in [9.17, 15) is 9.59 Å². The monoisotopic (exact) mass is 385 g/mol. The van der Waals surface area contributed by atoms with Gasteiger partial charge in [-0.25, -0.2) is 4.79 Å². The Kier molecular flexibility index (Phi) is 5.12. The molecule has 5 nitrogen and oxygen atoms in total. The maximum absolute atomic E-state index is 12.7. The van der Waals surface area contributed by atoms with Crippen molar-refractivity contribution in [2.75, 3.05) is 5.32 Å². The van der Waals surface area contributed by atoms with E-state index in [1.165, 1.54) is 6.07 Å². The molecule has 1 amide bonds. The molecule has 144 valence electrons. The number of nitrogens with one attached hydrogen (secondary N) is 1. The van der Waals surface area contributed by atoms with Crippen LogP contribution in [0.5, 0.6) is 5.75 Å². The second-order valence-electron chi connectivity index (χ2n) is 6.62. The van der Waals surface area contributed by atoms with Crippen molar-refractivity contribution in [1.82, 2.24) is 0 Å². The molecule has 0 fully saturated rings. The van der Waals surface area contributed by atoms with Gasteiger partial charge < -0.3 is 14.5 Å². The number of hydrogen-bond acceptors (Lipinski definition) is 4. The van der Waals surface area contributed by atoms with Crippen molar-refractivity contribution in [3.8, 4) is 16.9 Å². The zero-order valence-corrected chi connectivity index (χ0v) is 15.8. The van der Waals surface area contributed by atoms with E-state index in [1.54, 1.807) is 31.2 Å². The average molecular weight is 385 g/mol. The van der Waals surface area contributed by atoms with Crippen LogP contribution in [0.25, 0.3) is 22.1 Å². The van der Waals surface area contributed by atoms with Gasteiger partial charge in [0.05, 0.1) is 0 Å². The Morgan fingerprint density at radius 3 is 2.48 bits per heavy atom. The number of benzene rings is 3. The molecule has 1 aromatic heterocycles. The van der Waals surface area contributed by atoms with Gasteiger partial charge in [-0.2, -0.15) is 0 Å². The molecule has 0 radical (unpaired) electrons. The van der Waals surface area contributed by atoms with Gasteiger partial charge in [-0.05, 0) is 36.8 Å². The summed E-state index contributed by atoms with van der Waals surface area (Å²) in [5, 5.41) is 3.72. The third-order valence-corrected chi connectivity index (χ3v) is 4.55. The molecule has 3 aromatic carbocycles. The number of ether oxygens (including phenoxy) is 1. The molecule has 1 N–H and O–H groups in total. The Balaban J connectivity index is 1.52. The zero-order chi connectivity index (χ0) is 20.2. The van der Waals surface area contributed by atoms with Crippen LogP contribution in [0.3, 0.4) is 0 Å². The summed E-state index contributed by atoms with van der Waals surface area (Å²) in [6.45, 7) is 1.67. The molecule has 0 unspecified atom stereocenters. The largest absolute Gasteiger partial charge is 0.481 e. The number of para-hydroxylation sites is 1. The molecule has 0 saturated heterocycles. The third kappa shape index (κ3) is 4.19. The van der Waals surface area contributed by atoms with E-state index in [0.29, 0.717) is 17.0 Å². The molecule has 0 bridgehead atoms. The molecular formula is C24H19NO4. The van der Waals surface area contributed by atoms with E-state index in [1.807, 2.05) is 54.6 Å². The molecule has 1 atom stereocenters. The minimum atomic E-state index is -0.744. The van der Waals surface area contributed by atoms with Crippen LogP contribution in [-0.4, -0.2) is 12.0 Å². The van der Waals surface area contributed by atoms with Gasteiger partial charge in [0, 0.05) is 28.8 Å². The minimum Gasteiger partial charge on any atom is -0.481 e. The van der Waals surface area contributed by atoms with Crippen molar-refractivity contribution < 1.29 is 13.9 Å². The summed E-state index contributed by atoms with van der Waals surface area (Å²) in [5.74, 6) is 0.175. The highest BCUT2D eigenvalue weighted by Crippen LogP contribution is 2.28. The maximum Gasteiger partial charge on any atom is 0.336 e. The molecule has 0 saturated carbocycles. The van der Waals surface area contributed by atoms with Gasteiger partial charge in [0.1, 0.15) is 11.3 Å². The second kappa shape index (κ2) is 8.02. The smallest absolute Gasteiger partial charge is 0.336 e. The first-order chi connectivity index (χ1) is 14.1. The second-order valence-corrected chi connectivity index (χ2v) is 6.62. The van der Waals surface area contributed by atoms with Crippen LogP contribution < -0.4 is 15.7 Å². The lowest BCUT2D eigenvalue weighted by Gasteiger charge is -2.17. The van der Waals surface area contributed by atoms with Gasteiger partial charge in [-0.3, -0.25) is 4.79 Å². The summed E-state index contributed by atoms with van der Waals surface area (Å²) in [4.78, 5) is 24.1. The Labute approximate surface area is 167 Å². The van der Waals surface area contributed by atoms with Crippen molar-refractivity contribution in [3.05, 3.63) is 95.3 Å². The number of carbonyl (C=O) groups excluding carboxylic acids is 1. The van der Waals surface area contributed by atoms with Gasteiger partial charge >= 0.3 is 5.63 Å². The van der Waals surface area contributed by atoms with Gasteiger partial charge in [0.25, 0.3) is 5.91 Å². The van der Waals surface area contributed by atoms with Crippen LogP contribution in [0.1, 0.15) is 6.92 Å². The summed E-state index contributed by atoms with van der Waals surface area (Å²) in [6.07, 6.45) is -0.744. The number of amides is 1. The van der Waals surface area contributed by atoms with Crippen molar-refractivity contribution >= 4 is 22.6 Å². The summed E-state index contributed by atoms with van der Waals surface area (Å²) in [5.41, 5.74) is 2.64. The summed E-state index contributed by atoms with van der Waals surface area (Å²) >= 11 is 0. The molecule has 0 aliphatic rings. The highest BCUT2D eigenvalue weighted by molar-refractivity contribution is 5.98.